The maximum Gasteiger partial charge on any atom is 0.303 e. The van der Waals surface area contributed by atoms with Crippen LogP contribution in [0.3, 0.4) is 0 Å². The summed E-state index contributed by atoms with van der Waals surface area (Å²) < 4.78 is 0. The Bertz CT molecular complexity index is 254. The van der Waals surface area contributed by atoms with Crippen LogP contribution in [0, 0.1) is 5.92 Å². The minimum absolute atomic E-state index is 0.277. The van der Waals surface area contributed by atoms with Crippen molar-refractivity contribution in [2.75, 3.05) is 0 Å². The van der Waals surface area contributed by atoms with Gasteiger partial charge in [0.2, 0.25) is 0 Å². The predicted molar refractivity (Wildman–Crippen MR) is 54.1 cm³/mol. The molecule has 1 aromatic rings. The molecule has 0 bridgehead atoms. The Morgan fingerprint density at radius 1 is 1.69 bits per heavy atom. The molecule has 3 heteroatoms. The second-order valence-corrected chi connectivity index (χ2v) is 4.35. The van der Waals surface area contributed by atoms with Gasteiger partial charge in [-0.3, -0.25) is 4.79 Å². The van der Waals surface area contributed by atoms with Crippen LogP contribution in [0.1, 0.15) is 24.6 Å². The molecular formula is C10H14O2S. The summed E-state index contributed by atoms with van der Waals surface area (Å²) in [6.07, 6.45) is 2.25. The van der Waals surface area contributed by atoms with Crippen molar-refractivity contribution >= 4 is 17.3 Å². The number of aryl methyl sites for hydroxylation is 1. The molecule has 1 aromatic heterocycles. The molecule has 0 saturated carbocycles. The molecule has 0 radical (unpaired) electrons. The molecule has 0 aliphatic rings. The zero-order valence-electron chi connectivity index (χ0n) is 7.69. The third kappa shape index (κ3) is 4.08. The van der Waals surface area contributed by atoms with E-state index in [0.29, 0.717) is 0 Å². The predicted octanol–water partition coefficient (Wildman–Crippen LogP) is 2.79. The Balaban J connectivity index is 2.22. The van der Waals surface area contributed by atoms with Crippen molar-refractivity contribution in [3.8, 4) is 0 Å². The van der Waals surface area contributed by atoms with Gasteiger partial charge in [0.05, 0.1) is 0 Å². The van der Waals surface area contributed by atoms with Gasteiger partial charge in [-0.25, -0.2) is 0 Å². The van der Waals surface area contributed by atoms with Crippen LogP contribution in [-0.2, 0) is 11.2 Å². The summed E-state index contributed by atoms with van der Waals surface area (Å²) in [5.41, 5.74) is 0. The van der Waals surface area contributed by atoms with Gasteiger partial charge in [-0.2, -0.15) is 0 Å². The Kier molecular flexibility index (Phi) is 3.96. The molecule has 2 nitrogen and oxygen atoms in total. The Morgan fingerprint density at radius 3 is 3.00 bits per heavy atom. The molecule has 0 aromatic carbocycles. The molecule has 0 aliphatic carbocycles. The molecular weight excluding hydrogens is 184 g/mol. The lowest BCUT2D eigenvalue weighted by Crippen LogP contribution is -2.04. The highest BCUT2D eigenvalue weighted by atomic mass is 32.1. The normalized spacial score (nSPS) is 12.7. The highest BCUT2D eigenvalue weighted by molar-refractivity contribution is 7.09. The molecule has 0 saturated heterocycles. The van der Waals surface area contributed by atoms with E-state index < -0.39 is 5.97 Å². The quantitative estimate of drug-likeness (QED) is 0.790. The fraction of sp³-hybridized carbons (Fsp3) is 0.500. The van der Waals surface area contributed by atoms with Gasteiger partial charge in [-0.15, -0.1) is 11.3 Å². The largest absolute Gasteiger partial charge is 0.481 e. The van der Waals surface area contributed by atoms with Gasteiger partial charge in [0.25, 0.3) is 0 Å². The summed E-state index contributed by atoms with van der Waals surface area (Å²) in [5, 5.41) is 10.6. The smallest absolute Gasteiger partial charge is 0.303 e. The van der Waals surface area contributed by atoms with Crippen LogP contribution in [0.25, 0.3) is 0 Å². The summed E-state index contributed by atoms with van der Waals surface area (Å²) in [7, 11) is 0. The molecule has 0 spiro atoms. The Hall–Kier alpha value is -0.830. The lowest BCUT2D eigenvalue weighted by atomic mass is 10.0. The van der Waals surface area contributed by atoms with E-state index in [-0.39, 0.29) is 12.3 Å². The van der Waals surface area contributed by atoms with Gasteiger partial charge in [0, 0.05) is 11.3 Å². The summed E-state index contributed by atoms with van der Waals surface area (Å²) >= 11 is 1.74. The van der Waals surface area contributed by atoms with E-state index in [9.17, 15) is 4.79 Å². The van der Waals surface area contributed by atoms with Crippen molar-refractivity contribution in [1.82, 2.24) is 0 Å². The molecule has 1 unspecified atom stereocenters. The van der Waals surface area contributed by atoms with Crippen LogP contribution in [0.5, 0.6) is 0 Å². The molecule has 1 atom stereocenters. The first-order valence-corrected chi connectivity index (χ1v) is 5.30. The second-order valence-electron chi connectivity index (χ2n) is 3.32. The lowest BCUT2D eigenvalue weighted by molar-refractivity contribution is -0.138. The zero-order chi connectivity index (χ0) is 9.68. The minimum Gasteiger partial charge on any atom is -0.481 e. The van der Waals surface area contributed by atoms with Crippen LogP contribution in [0.4, 0.5) is 0 Å². The van der Waals surface area contributed by atoms with E-state index in [1.165, 1.54) is 4.88 Å². The number of carbonyl (C=O) groups is 1. The van der Waals surface area contributed by atoms with Crippen LogP contribution < -0.4 is 0 Å². The van der Waals surface area contributed by atoms with E-state index in [1.54, 1.807) is 11.3 Å². The van der Waals surface area contributed by atoms with Gasteiger partial charge in [-0.1, -0.05) is 13.0 Å². The van der Waals surface area contributed by atoms with Gasteiger partial charge in [0.15, 0.2) is 0 Å². The van der Waals surface area contributed by atoms with E-state index in [1.807, 2.05) is 13.0 Å². The SMILES string of the molecule is CC(CCc1cccs1)CC(=O)O. The van der Waals surface area contributed by atoms with Gasteiger partial charge >= 0.3 is 5.97 Å². The number of hydrogen-bond donors (Lipinski definition) is 1. The summed E-state index contributed by atoms with van der Waals surface area (Å²) in [4.78, 5) is 11.7. The molecule has 1 heterocycles. The van der Waals surface area contributed by atoms with E-state index in [2.05, 4.69) is 11.4 Å². The van der Waals surface area contributed by atoms with E-state index >= 15 is 0 Å². The van der Waals surface area contributed by atoms with Crippen molar-refractivity contribution < 1.29 is 9.90 Å². The number of carboxylic acids is 1. The first-order valence-electron chi connectivity index (χ1n) is 4.42. The third-order valence-electron chi connectivity index (χ3n) is 1.99. The van der Waals surface area contributed by atoms with Gasteiger partial charge in [0.1, 0.15) is 0 Å². The number of rotatable bonds is 5. The van der Waals surface area contributed by atoms with Crippen LogP contribution in [0.15, 0.2) is 17.5 Å². The molecule has 0 amide bonds. The number of thiophene rings is 1. The Morgan fingerprint density at radius 2 is 2.46 bits per heavy atom. The van der Waals surface area contributed by atoms with Crippen LogP contribution in [0.2, 0.25) is 0 Å². The number of hydrogen-bond acceptors (Lipinski definition) is 2. The maximum absolute atomic E-state index is 10.4. The van der Waals surface area contributed by atoms with Crippen molar-refractivity contribution in [1.29, 1.82) is 0 Å². The summed E-state index contributed by atoms with van der Waals surface area (Å²) in [5.74, 6) is -0.418. The average Bonchev–Trinajstić information content (AvgIpc) is 2.51. The highest BCUT2D eigenvalue weighted by Gasteiger charge is 2.07. The molecule has 72 valence electrons. The minimum atomic E-state index is -0.696. The van der Waals surface area contributed by atoms with Gasteiger partial charge < -0.3 is 5.11 Å². The topological polar surface area (TPSA) is 37.3 Å². The molecule has 1 N–H and O–H groups in total. The molecule has 1 rings (SSSR count). The fourth-order valence-corrected chi connectivity index (χ4v) is 1.97. The molecule has 0 fully saturated rings. The van der Waals surface area contributed by atoms with E-state index in [4.69, 9.17) is 5.11 Å². The van der Waals surface area contributed by atoms with Gasteiger partial charge in [-0.05, 0) is 30.2 Å². The molecule has 0 aliphatic heterocycles. The van der Waals surface area contributed by atoms with E-state index in [0.717, 1.165) is 12.8 Å². The monoisotopic (exact) mass is 198 g/mol. The standard InChI is InChI=1S/C10H14O2S/c1-8(7-10(11)12)4-5-9-3-2-6-13-9/h2-3,6,8H,4-5,7H2,1H3,(H,11,12). The van der Waals surface area contributed by atoms with Crippen LogP contribution in [-0.4, -0.2) is 11.1 Å². The highest BCUT2D eigenvalue weighted by Crippen LogP contribution is 2.16. The van der Waals surface area contributed by atoms with Crippen LogP contribution >= 0.6 is 11.3 Å². The third-order valence-corrected chi connectivity index (χ3v) is 2.92. The number of carboxylic acid groups (broad SMARTS) is 1. The maximum atomic E-state index is 10.4. The lowest BCUT2D eigenvalue weighted by Gasteiger charge is -2.06. The van der Waals surface area contributed by atoms with Crippen molar-refractivity contribution in [2.24, 2.45) is 5.92 Å². The van der Waals surface area contributed by atoms with Crippen molar-refractivity contribution in [3.05, 3.63) is 22.4 Å². The van der Waals surface area contributed by atoms with Crippen molar-refractivity contribution in [3.63, 3.8) is 0 Å². The summed E-state index contributed by atoms with van der Waals surface area (Å²) in [6, 6.07) is 4.13. The average molecular weight is 198 g/mol. The zero-order valence-corrected chi connectivity index (χ0v) is 8.51. The first-order chi connectivity index (χ1) is 6.18. The second kappa shape index (κ2) is 5.02. The fourth-order valence-electron chi connectivity index (χ4n) is 1.24. The summed E-state index contributed by atoms with van der Waals surface area (Å²) in [6.45, 7) is 1.99. The number of aliphatic carboxylic acids is 1. The first kappa shape index (κ1) is 10.3. The Labute approximate surface area is 82.2 Å². The molecule has 13 heavy (non-hydrogen) atoms. The van der Waals surface area contributed by atoms with Crippen molar-refractivity contribution in [2.45, 2.75) is 26.2 Å².